The molecule has 2 aliphatic rings. The second-order valence-electron chi connectivity index (χ2n) is 5.66. The fraction of sp³-hybridized carbons (Fsp3) is 1.00. The Morgan fingerprint density at radius 3 is 2.88 bits per heavy atom. The maximum absolute atomic E-state index is 9.63. The van der Waals surface area contributed by atoms with Crippen LogP contribution in [0.4, 0.5) is 0 Å². The Kier molecular flexibility index (Phi) is 4.22. The molecule has 1 aliphatic heterocycles. The van der Waals surface area contributed by atoms with Gasteiger partial charge >= 0.3 is 0 Å². The highest BCUT2D eigenvalue weighted by Crippen LogP contribution is 2.32. The molecule has 3 atom stereocenters. The van der Waals surface area contributed by atoms with Crippen LogP contribution in [-0.2, 0) is 4.74 Å². The Labute approximate surface area is 98.6 Å². The van der Waals surface area contributed by atoms with Gasteiger partial charge in [-0.05, 0) is 31.6 Å². The highest BCUT2D eigenvalue weighted by Gasteiger charge is 2.34. The number of nitrogens with one attached hydrogen (secondary N) is 1. The van der Waals surface area contributed by atoms with Crippen LogP contribution in [0.3, 0.4) is 0 Å². The zero-order valence-electron chi connectivity index (χ0n) is 10.4. The van der Waals surface area contributed by atoms with Gasteiger partial charge in [0.15, 0.2) is 0 Å². The molecule has 94 valence electrons. The average molecular weight is 227 g/mol. The maximum Gasteiger partial charge on any atom is 0.0700 e. The highest BCUT2D eigenvalue weighted by molar-refractivity contribution is 4.93. The van der Waals surface area contributed by atoms with Crippen molar-refractivity contribution in [1.82, 2.24) is 5.32 Å². The third-order valence-corrected chi connectivity index (χ3v) is 4.12. The van der Waals surface area contributed by atoms with Gasteiger partial charge in [0.1, 0.15) is 0 Å². The van der Waals surface area contributed by atoms with Gasteiger partial charge in [-0.25, -0.2) is 0 Å². The van der Waals surface area contributed by atoms with Crippen LogP contribution < -0.4 is 5.32 Å². The second-order valence-corrected chi connectivity index (χ2v) is 5.66. The second kappa shape index (κ2) is 5.48. The van der Waals surface area contributed by atoms with Gasteiger partial charge in [-0.15, -0.1) is 0 Å². The third kappa shape index (κ3) is 2.96. The minimum atomic E-state index is -0.0242. The third-order valence-electron chi connectivity index (χ3n) is 4.12. The smallest absolute Gasteiger partial charge is 0.0700 e. The van der Waals surface area contributed by atoms with Crippen LogP contribution >= 0.6 is 0 Å². The molecule has 1 saturated carbocycles. The van der Waals surface area contributed by atoms with Crippen molar-refractivity contribution in [1.29, 1.82) is 0 Å². The molecule has 16 heavy (non-hydrogen) atoms. The van der Waals surface area contributed by atoms with Crippen molar-refractivity contribution in [2.45, 2.75) is 57.1 Å². The van der Waals surface area contributed by atoms with Crippen molar-refractivity contribution in [2.75, 3.05) is 19.8 Å². The van der Waals surface area contributed by atoms with Crippen molar-refractivity contribution >= 4 is 0 Å². The number of hydrogen-bond acceptors (Lipinski definition) is 3. The van der Waals surface area contributed by atoms with E-state index in [1.54, 1.807) is 0 Å². The summed E-state index contributed by atoms with van der Waals surface area (Å²) in [5.74, 6) is 0.734. The molecule has 0 spiro atoms. The van der Waals surface area contributed by atoms with Gasteiger partial charge in [0.25, 0.3) is 0 Å². The van der Waals surface area contributed by atoms with Gasteiger partial charge < -0.3 is 15.2 Å². The summed E-state index contributed by atoms with van der Waals surface area (Å²) in [5.41, 5.74) is -0.0242. The predicted octanol–water partition coefficient (Wildman–Crippen LogP) is 1.70. The molecule has 1 saturated heterocycles. The molecule has 0 aromatic rings. The summed E-state index contributed by atoms with van der Waals surface area (Å²) in [4.78, 5) is 0. The first-order valence-electron chi connectivity index (χ1n) is 6.72. The molecule has 0 aromatic carbocycles. The summed E-state index contributed by atoms with van der Waals surface area (Å²) in [7, 11) is 0. The van der Waals surface area contributed by atoms with Gasteiger partial charge in [0.2, 0.25) is 0 Å². The van der Waals surface area contributed by atoms with Crippen molar-refractivity contribution in [3.63, 3.8) is 0 Å². The summed E-state index contributed by atoms with van der Waals surface area (Å²) in [6.45, 7) is 4.38. The molecule has 2 fully saturated rings. The average Bonchev–Trinajstić information content (AvgIpc) is 2.79. The normalized spacial score (nSPS) is 40.1. The van der Waals surface area contributed by atoms with Crippen LogP contribution in [0.2, 0.25) is 0 Å². The van der Waals surface area contributed by atoms with Gasteiger partial charge in [-0.3, -0.25) is 0 Å². The summed E-state index contributed by atoms with van der Waals surface area (Å²) in [6.07, 6.45) is 7.50. The summed E-state index contributed by atoms with van der Waals surface area (Å²) in [5, 5.41) is 13.2. The summed E-state index contributed by atoms with van der Waals surface area (Å²) in [6, 6.07) is 0. The fourth-order valence-corrected chi connectivity index (χ4v) is 3.16. The van der Waals surface area contributed by atoms with E-state index < -0.39 is 0 Å². The zero-order chi connectivity index (χ0) is 11.4. The van der Waals surface area contributed by atoms with E-state index in [1.807, 2.05) is 0 Å². The predicted molar refractivity (Wildman–Crippen MR) is 64.4 cm³/mol. The van der Waals surface area contributed by atoms with E-state index in [-0.39, 0.29) is 12.1 Å². The quantitative estimate of drug-likeness (QED) is 0.768. The van der Waals surface area contributed by atoms with E-state index in [0.717, 1.165) is 31.9 Å². The molecular weight excluding hydrogens is 202 g/mol. The van der Waals surface area contributed by atoms with Gasteiger partial charge in [0, 0.05) is 18.7 Å². The molecule has 3 unspecified atom stereocenters. The Morgan fingerprint density at radius 2 is 2.25 bits per heavy atom. The molecule has 0 amide bonds. The Bertz CT molecular complexity index is 216. The van der Waals surface area contributed by atoms with E-state index in [4.69, 9.17) is 4.74 Å². The number of aliphatic hydroxyl groups is 1. The Balaban J connectivity index is 1.83. The zero-order valence-corrected chi connectivity index (χ0v) is 10.4. The molecular formula is C13H25NO2. The maximum atomic E-state index is 9.63. The number of rotatable bonds is 4. The fourth-order valence-electron chi connectivity index (χ4n) is 3.16. The molecule has 0 aromatic heterocycles. The molecule has 1 aliphatic carbocycles. The van der Waals surface area contributed by atoms with Gasteiger partial charge in [0.05, 0.1) is 12.7 Å². The Hall–Kier alpha value is -0.120. The van der Waals surface area contributed by atoms with E-state index in [1.165, 1.54) is 25.7 Å². The number of aliphatic hydroxyl groups excluding tert-OH is 1. The standard InChI is InChI=1S/C13H25NO2/c1-11-4-2-6-13(8-11,10-15)14-9-12-5-3-7-16-12/h11-12,14-15H,2-10H2,1H3. The monoisotopic (exact) mass is 227 g/mol. The van der Waals surface area contributed by atoms with Crippen molar-refractivity contribution in [3.8, 4) is 0 Å². The van der Waals surface area contributed by atoms with Crippen molar-refractivity contribution < 1.29 is 9.84 Å². The SMILES string of the molecule is CC1CCCC(CO)(NCC2CCCO2)C1. The minimum absolute atomic E-state index is 0.0242. The lowest BCUT2D eigenvalue weighted by Gasteiger charge is -2.40. The lowest BCUT2D eigenvalue weighted by Crippen LogP contribution is -2.53. The topological polar surface area (TPSA) is 41.5 Å². The molecule has 1 heterocycles. The lowest BCUT2D eigenvalue weighted by molar-refractivity contribution is 0.0648. The van der Waals surface area contributed by atoms with E-state index in [2.05, 4.69) is 12.2 Å². The van der Waals surface area contributed by atoms with Gasteiger partial charge in [-0.1, -0.05) is 19.8 Å². The summed E-state index contributed by atoms with van der Waals surface area (Å²) < 4.78 is 5.62. The van der Waals surface area contributed by atoms with E-state index in [0.29, 0.717) is 6.10 Å². The van der Waals surface area contributed by atoms with Crippen LogP contribution in [0.25, 0.3) is 0 Å². The van der Waals surface area contributed by atoms with Crippen LogP contribution in [0, 0.1) is 5.92 Å². The first kappa shape index (κ1) is 12.3. The van der Waals surface area contributed by atoms with Crippen molar-refractivity contribution in [2.24, 2.45) is 5.92 Å². The van der Waals surface area contributed by atoms with E-state index >= 15 is 0 Å². The molecule has 2 N–H and O–H groups in total. The largest absolute Gasteiger partial charge is 0.394 e. The molecule has 0 radical (unpaired) electrons. The molecule has 2 rings (SSSR count). The molecule has 3 nitrogen and oxygen atoms in total. The van der Waals surface area contributed by atoms with Crippen LogP contribution in [-0.4, -0.2) is 36.5 Å². The molecule has 0 bridgehead atoms. The number of hydrogen-bond donors (Lipinski definition) is 2. The van der Waals surface area contributed by atoms with E-state index in [9.17, 15) is 5.11 Å². The number of ether oxygens (including phenoxy) is 1. The Morgan fingerprint density at radius 1 is 1.38 bits per heavy atom. The van der Waals surface area contributed by atoms with Crippen molar-refractivity contribution in [3.05, 3.63) is 0 Å². The first-order chi connectivity index (χ1) is 7.74. The molecule has 3 heteroatoms. The first-order valence-corrected chi connectivity index (χ1v) is 6.72. The van der Waals surface area contributed by atoms with Crippen LogP contribution in [0.15, 0.2) is 0 Å². The summed E-state index contributed by atoms with van der Waals surface area (Å²) >= 11 is 0. The van der Waals surface area contributed by atoms with Crippen LogP contribution in [0.5, 0.6) is 0 Å². The highest BCUT2D eigenvalue weighted by atomic mass is 16.5. The lowest BCUT2D eigenvalue weighted by atomic mass is 9.77. The minimum Gasteiger partial charge on any atom is -0.394 e. The van der Waals surface area contributed by atoms with Crippen LogP contribution in [0.1, 0.15) is 45.4 Å². The van der Waals surface area contributed by atoms with Gasteiger partial charge in [-0.2, -0.15) is 0 Å².